The Balaban J connectivity index is 2.34. The topological polar surface area (TPSA) is 85.8 Å². The molecule has 0 bridgehead atoms. The lowest BCUT2D eigenvalue weighted by molar-refractivity contribution is -0.122. The highest BCUT2D eigenvalue weighted by Gasteiger charge is 2.30. The number of carbonyl (C=O) groups is 1. The number of aromatic nitrogens is 3. The van der Waals surface area contributed by atoms with Gasteiger partial charge in [0.1, 0.15) is 11.6 Å². The number of hydrogen-bond acceptors (Lipinski definition) is 5. The number of rotatable bonds is 7. The van der Waals surface area contributed by atoms with E-state index >= 15 is 0 Å². The Morgan fingerprint density at radius 2 is 2.15 bits per heavy atom. The van der Waals surface area contributed by atoms with Crippen LogP contribution in [0.2, 0.25) is 0 Å². The van der Waals surface area contributed by atoms with E-state index in [1.807, 2.05) is 38.6 Å². The van der Waals surface area contributed by atoms with Gasteiger partial charge in [-0.1, -0.05) is 0 Å². The Labute approximate surface area is 124 Å². The smallest absolute Gasteiger partial charge is 0.238 e. The van der Waals surface area contributed by atoms with Crippen molar-refractivity contribution in [1.29, 1.82) is 0 Å². The van der Waals surface area contributed by atoms with Gasteiger partial charge in [0.15, 0.2) is 0 Å². The molecule has 114 valence electrons. The molecule has 1 aromatic rings. The van der Waals surface area contributed by atoms with Gasteiger partial charge >= 0.3 is 0 Å². The van der Waals surface area contributed by atoms with Gasteiger partial charge in [-0.15, -0.1) is 0 Å². The van der Waals surface area contributed by atoms with Gasteiger partial charge < -0.3 is 11.1 Å². The lowest BCUT2D eigenvalue weighted by atomic mass is 10.0. The van der Waals surface area contributed by atoms with Crippen LogP contribution in [0, 0.1) is 13.8 Å². The molecule has 3 N–H and O–H groups in total. The lowest BCUT2D eigenvalue weighted by Gasteiger charge is -2.28. The van der Waals surface area contributed by atoms with E-state index < -0.39 is 6.04 Å². The summed E-state index contributed by atoms with van der Waals surface area (Å²) < 4.78 is 1.59. The molecule has 0 saturated heterocycles. The zero-order valence-electron chi connectivity index (χ0n) is 12.9. The summed E-state index contributed by atoms with van der Waals surface area (Å²) in [6, 6.07) is -0.507. The van der Waals surface area contributed by atoms with Crippen LogP contribution in [-0.4, -0.2) is 44.3 Å². The summed E-state index contributed by atoms with van der Waals surface area (Å²) in [6.07, 6.45) is 2.77. The average Bonchev–Trinajstić information content (AvgIpc) is 2.71. The van der Waals surface area contributed by atoms with E-state index in [0.29, 0.717) is 6.54 Å². The minimum Gasteiger partial charge on any atom is -0.355 e. The summed E-state index contributed by atoms with van der Waals surface area (Å²) in [5, 5.41) is 7.16. The number of carbonyl (C=O) groups excluding carboxylic acids is 1. The summed E-state index contributed by atoms with van der Waals surface area (Å²) in [6.45, 7) is 9.08. The molecule has 0 aliphatic rings. The lowest BCUT2D eigenvalue weighted by Crippen LogP contribution is -2.52. The Hall–Kier alpha value is -1.08. The minimum absolute atomic E-state index is 0.101. The highest BCUT2D eigenvalue weighted by Crippen LogP contribution is 2.24. The largest absolute Gasteiger partial charge is 0.355 e. The first kappa shape index (κ1) is 17.0. The second-order valence-electron chi connectivity index (χ2n) is 5.36. The summed E-state index contributed by atoms with van der Waals surface area (Å²) in [5.74, 6) is 1.57. The maximum atomic E-state index is 11.9. The number of aryl methyl sites for hydroxylation is 3. The van der Waals surface area contributed by atoms with Crippen molar-refractivity contribution in [2.45, 2.75) is 51.4 Å². The predicted octanol–water partition coefficient (Wildman–Crippen LogP) is 0.870. The molecule has 7 heteroatoms. The maximum absolute atomic E-state index is 11.9. The standard InChI is InChI=1S/C13H25N5OS/c1-9-16-10(2)18(17-9)8-6-7-15-12(19)11(14)13(3,4)20-5/h11H,6-8,14H2,1-5H3,(H,15,19)/t11-/m1/s1. The predicted molar refractivity (Wildman–Crippen MR) is 82.7 cm³/mol. The fourth-order valence-electron chi connectivity index (χ4n) is 1.77. The molecule has 0 saturated carbocycles. The highest BCUT2D eigenvalue weighted by atomic mass is 32.2. The van der Waals surface area contributed by atoms with Crippen LogP contribution in [0.15, 0.2) is 0 Å². The molecule has 1 heterocycles. The van der Waals surface area contributed by atoms with Gasteiger partial charge in [-0.05, 0) is 40.4 Å². The molecule has 1 rings (SSSR count). The zero-order chi connectivity index (χ0) is 15.3. The van der Waals surface area contributed by atoms with Crippen LogP contribution in [0.4, 0.5) is 0 Å². The number of nitrogens with one attached hydrogen (secondary N) is 1. The first-order valence-corrected chi connectivity index (χ1v) is 7.97. The van der Waals surface area contributed by atoms with E-state index in [-0.39, 0.29) is 10.7 Å². The normalized spacial score (nSPS) is 13.3. The Bertz CT molecular complexity index is 458. The third kappa shape index (κ3) is 4.49. The molecule has 1 atom stereocenters. The summed E-state index contributed by atoms with van der Waals surface area (Å²) in [5.41, 5.74) is 5.97. The van der Waals surface area contributed by atoms with Crippen molar-refractivity contribution in [3.05, 3.63) is 11.6 Å². The molecule has 0 aliphatic carbocycles. The van der Waals surface area contributed by atoms with Gasteiger partial charge in [-0.3, -0.25) is 9.48 Å². The van der Waals surface area contributed by atoms with Crippen molar-refractivity contribution < 1.29 is 4.79 Å². The van der Waals surface area contributed by atoms with E-state index in [9.17, 15) is 4.79 Å². The van der Waals surface area contributed by atoms with Gasteiger partial charge in [0.05, 0.1) is 6.04 Å². The van der Waals surface area contributed by atoms with Crippen LogP contribution in [-0.2, 0) is 11.3 Å². The molecule has 0 fully saturated rings. The number of amides is 1. The maximum Gasteiger partial charge on any atom is 0.238 e. The fraction of sp³-hybridized carbons (Fsp3) is 0.769. The van der Waals surface area contributed by atoms with Gasteiger partial charge in [-0.25, -0.2) is 4.98 Å². The molecule has 20 heavy (non-hydrogen) atoms. The van der Waals surface area contributed by atoms with Gasteiger partial charge in [0.2, 0.25) is 5.91 Å². The van der Waals surface area contributed by atoms with Crippen LogP contribution in [0.25, 0.3) is 0 Å². The molecule has 0 unspecified atom stereocenters. The monoisotopic (exact) mass is 299 g/mol. The molecule has 0 aromatic carbocycles. The molecular formula is C13H25N5OS. The Morgan fingerprint density at radius 3 is 2.65 bits per heavy atom. The third-order valence-corrected chi connectivity index (χ3v) is 4.67. The number of nitrogens with zero attached hydrogens (tertiary/aromatic N) is 3. The van der Waals surface area contributed by atoms with Crippen LogP contribution < -0.4 is 11.1 Å². The van der Waals surface area contributed by atoms with Gasteiger partial charge in [-0.2, -0.15) is 16.9 Å². The van der Waals surface area contributed by atoms with Crippen LogP contribution in [0.1, 0.15) is 31.9 Å². The molecule has 1 amide bonds. The van der Waals surface area contributed by atoms with Crippen molar-refractivity contribution in [1.82, 2.24) is 20.1 Å². The van der Waals surface area contributed by atoms with Crippen molar-refractivity contribution in [3.63, 3.8) is 0 Å². The minimum atomic E-state index is -0.507. The highest BCUT2D eigenvalue weighted by molar-refractivity contribution is 8.00. The SMILES string of the molecule is CSC(C)(C)[C@H](N)C(=O)NCCCn1nc(C)nc1C. The van der Waals surface area contributed by atoms with Crippen LogP contribution in [0.3, 0.4) is 0 Å². The molecule has 6 nitrogen and oxygen atoms in total. The Morgan fingerprint density at radius 1 is 1.50 bits per heavy atom. The van der Waals surface area contributed by atoms with Crippen molar-refractivity contribution in [3.8, 4) is 0 Å². The number of nitrogens with two attached hydrogens (primary N) is 1. The van der Waals surface area contributed by atoms with E-state index in [0.717, 1.165) is 24.6 Å². The number of hydrogen-bond donors (Lipinski definition) is 2. The average molecular weight is 299 g/mol. The molecule has 0 spiro atoms. The van der Waals surface area contributed by atoms with Crippen LogP contribution in [0.5, 0.6) is 0 Å². The second-order valence-corrected chi connectivity index (χ2v) is 6.82. The van der Waals surface area contributed by atoms with Gasteiger partial charge in [0.25, 0.3) is 0 Å². The van der Waals surface area contributed by atoms with E-state index in [1.165, 1.54) is 0 Å². The first-order chi connectivity index (χ1) is 9.27. The summed E-state index contributed by atoms with van der Waals surface area (Å²) in [7, 11) is 0. The molecule has 1 aromatic heterocycles. The van der Waals surface area contributed by atoms with Crippen molar-refractivity contribution >= 4 is 17.7 Å². The van der Waals surface area contributed by atoms with Crippen molar-refractivity contribution in [2.75, 3.05) is 12.8 Å². The quantitative estimate of drug-likeness (QED) is 0.730. The van der Waals surface area contributed by atoms with Crippen LogP contribution >= 0.6 is 11.8 Å². The van der Waals surface area contributed by atoms with E-state index in [2.05, 4.69) is 15.4 Å². The second kappa shape index (κ2) is 7.08. The third-order valence-electron chi connectivity index (χ3n) is 3.37. The fourth-order valence-corrected chi connectivity index (χ4v) is 2.13. The molecule has 0 aliphatic heterocycles. The van der Waals surface area contributed by atoms with E-state index in [4.69, 9.17) is 5.73 Å². The van der Waals surface area contributed by atoms with Crippen molar-refractivity contribution in [2.24, 2.45) is 5.73 Å². The summed E-state index contributed by atoms with van der Waals surface area (Å²) >= 11 is 1.60. The van der Waals surface area contributed by atoms with Gasteiger partial charge in [0, 0.05) is 17.8 Å². The van der Waals surface area contributed by atoms with E-state index in [1.54, 1.807) is 11.8 Å². The Kier molecular flexibility index (Phi) is 6.01. The number of thioether (sulfide) groups is 1. The zero-order valence-corrected chi connectivity index (χ0v) is 13.8. The first-order valence-electron chi connectivity index (χ1n) is 6.74. The summed E-state index contributed by atoms with van der Waals surface area (Å²) in [4.78, 5) is 16.2. The molecule has 0 radical (unpaired) electrons. The molecular weight excluding hydrogens is 274 g/mol.